The van der Waals surface area contributed by atoms with Gasteiger partial charge in [-0.05, 0) is 6.42 Å². The van der Waals surface area contributed by atoms with Crippen LogP contribution in [-0.2, 0) is 6.54 Å². The highest BCUT2D eigenvalue weighted by molar-refractivity contribution is 8.06. The van der Waals surface area contributed by atoms with Crippen LogP contribution in [0, 0.1) is 0 Å². The number of thioether (sulfide) groups is 2. The van der Waals surface area contributed by atoms with Gasteiger partial charge in [0.1, 0.15) is 5.82 Å². The van der Waals surface area contributed by atoms with E-state index in [1.54, 1.807) is 0 Å². The number of aryl methyl sites for hydroxylation is 1. The molecular weight excluding hydrogens is 238 g/mol. The molecule has 0 aromatic carbocycles. The highest BCUT2D eigenvalue weighted by Crippen LogP contribution is 2.31. The first-order chi connectivity index (χ1) is 7.83. The molecule has 2 unspecified atom stereocenters. The van der Waals surface area contributed by atoms with E-state index in [1.807, 2.05) is 35.9 Å². The first-order valence-corrected chi connectivity index (χ1v) is 7.99. The van der Waals surface area contributed by atoms with Crippen molar-refractivity contribution in [3.8, 4) is 0 Å². The maximum Gasteiger partial charge on any atom is 0.126 e. The molecule has 0 saturated carbocycles. The molecular formula is C11H19N3S2. The fourth-order valence-corrected chi connectivity index (χ4v) is 4.70. The van der Waals surface area contributed by atoms with E-state index in [1.165, 1.54) is 11.5 Å². The third kappa shape index (κ3) is 2.76. The van der Waals surface area contributed by atoms with Crippen molar-refractivity contribution in [2.75, 3.05) is 17.3 Å². The molecule has 1 aromatic heterocycles. The van der Waals surface area contributed by atoms with Gasteiger partial charge in [0.25, 0.3) is 0 Å². The molecule has 0 bridgehead atoms. The van der Waals surface area contributed by atoms with Crippen LogP contribution in [0.2, 0.25) is 0 Å². The minimum absolute atomic E-state index is 0.0827. The van der Waals surface area contributed by atoms with Crippen LogP contribution in [0.25, 0.3) is 0 Å². The van der Waals surface area contributed by atoms with E-state index in [0.29, 0.717) is 5.25 Å². The van der Waals surface area contributed by atoms with Gasteiger partial charge in [-0.2, -0.15) is 23.5 Å². The molecule has 2 N–H and O–H groups in total. The van der Waals surface area contributed by atoms with Crippen molar-refractivity contribution in [3.63, 3.8) is 0 Å². The van der Waals surface area contributed by atoms with Crippen molar-refractivity contribution in [1.29, 1.82) is 0 Å². The SMILES string of the molecule is CCCn1ccnc1C(N)C1CSCCS1. The first kappa shape index (κ1) is 12.3. The zero-order chi connectivity index (χ0) is 11.4. The largest absolute Gasteiger partial charge is 0.334 e. The van der Waals surface area contributed by atoms with Crippen LogP contribution in [0.5, 0.6) is 0 Å². The number of hydrogen-bond acceptors (Lipinski definition) is 4. The van der Waals surface area contributed by atoms with Gasteiger partial charge in [0.05, 0.1) is 6.04 Å². The van der Waals surface area contributed by atoms with Crippen LogP contribution in [0.1, 0.15) is 25.2 Å². The molecule has 1 aliphatic rings. The van der Waals surface area contributed by atoms with Crippen molar-refractivity contribution in [1.82, 2.24) is 9.55 Å². The van der Waals surface area contributed by atoms with E-state index < -0.39 is 0 Å². The number of rotatable bonds is 4. The second-order valence-corrected chi connectivity index (χ2v) is 6.49. The first-order valence-electron chi connectivity index (χ1n) is 5.79. The lowest BCUT2D eigenvalue weighted by atomic mass is 10.2. The van der Waals surface area contributed by atoms with Gasteiger partial charge in [-0.1, -0.05) is 6.92 Å². The van der Waals surface area contributed by atoms with Gasteiger partial charge in [-0.15, -0.1) is 0 Å². The lowest BCUT2D eigenvalue weighted by molar-refractivity contribution is 0.575. The monoisotopic (exact) mass is 257 g/mol. The summed E-state index contributed by atoms with van der Waals surface area (Å²) in [5.74, 6) is 4.70. The van der Waals surface area contributed by atoms with Crippen molar-refractivity contribution in [3.05, 3.63) is 18.2 Å². The van der Waals surface area contributed by atoms with E-state index >= 15 is 0 Å². The van der Waals surface area contributed by atoms with Gasteiger partial charge < -0.3 is 10.3 Å². The van der Waals surface area contributed by atoms with Gasteiger partial charge in [0, 0.05) is 41.4 Å². The molecule has 2 heterocycles. The number of nitrogens with zero attached hydrogens (tertiary/aromatic N) is 2. The smallest absolute Gasteiger partial charge is 0.126 e. The normalized spacial score (nSPS) is 23.2. The Balaban J connectivity index is 2.06. The summed E-state index contributed by atoms with van der Waals surface area (Å²) in [4.78, 5) is 4.43. The van der Waals surface area contributed by atoms with E-state index in [0.717, 1.165) is 24.5 Å². The molecule has 5 heteroatoms. The molecule has 1 aromatic rings. The Morgan fingerprint density at radius 1 is 1.62 bits per heavy atom. The fraction of sp³-hybridized carbons (Fsp3) is 0.727. The van der Waals surface area contributed by atoms with Crippen LogP contribution in [0.3, 0.4) is 0 Å². The van der Waals surface area contributed by atoms with Crippen LogP contribution in [0.15, 0.2) is 12.4 Å². The van der Waals surface area contributed by atoms with Crippen LogP contribution in [-0.4, -0.2) is 32.1 Å². The Kier molecular flexibility index (Phi) is 4.61. The predicted molar refractivity (Wildman–Crippen MR) is 73.0 cm³/mol. The Bertz CT molecular complexity index is 321. The number of imidazole rings is 1. The maximum atomic E-state index is 6.33. The summed E-state index contributed by atoms with van der Waals surface area (Å²) >= 11 is 4.01. The molecule has 90 valence electrons. The van der Waals surface area contributed by atoms with Crippen molar-refractivity contribution in [2.24, 2.45) is 5.73 Å². The summed E-state index contributed by atoms with van der Waals surface area (Å²) in [5, 5.41) is 0.525. The Labute approximate surface area is 106 Å². The Hall–Kier alpha value is -0.130. The zero-order valence-electron chi connectivity index (χ0n) is 9.63. The van der Waals surface area contributed by atoms with Crippen molar-refractivity contribution in [2.45, 2.75) is 31.2 Å². The van der Waals surface area contributed by atoms with Gasteiger partial charge in [0.15, 0.2) is 0 Å². The average Bonchev–Trinajstić information content (AvgIpc) is 2.78. The van der Waals surface area contributed by atoms with Crippen molar-refractivity contribution >= 4 is 23.5 Å². The maximum absolute atomic E-state index is 6.33. The van der Waals surface area contributed by atoms with E-state index in [4.69, 9.17) is 5.73 Å². The van der Waals surface area contributed by atoms with Crippen LogP contribution < -0.4 is 5.73 Å². The van der Waals surface area contributed by atoms with E-state index in [2.05, 4.69) is 16.5 Å². The number of hydrogen-bond donors (Lipinski definition) is 1. The van der Waals surface area contributed by atoms with E-state index in [-0.39, 0.29) is 6.04 Å². The van der Waals surface area contributed by atoms with Gasteiger partial charge in [0.2, 0.25) is 0 Å². The topological polar surface area (TPSA) is 43.8 Å². The second-order valence-electron chi connectivity index (χ2n) is 3.99. The highest BCUT2D eigenvalue weighted by Gasteiger charge is 2.25. The highest BCUT2D eigenvalue weighted by atomic mass is 32.2. The standard InChI is InChI=1S/C11H19N3S2/c1-2-4-14-5-3-13-11(14)10(12)9-8-15-6-7-16-9/h3,5,9-10H,2,4,6-8,12H2,1H3. The van der Waals surface area contributed by atoms with Gasteiger partial charge >= 0.3 is 0 Å². The molecule has 2 rings (SSSR count). The number of aromatic nitrogens is 2. The van der Waals surface area contributed by atoms with E-state index in [9.17, 15) is 0 Å². The quantitative estimate of drug-likeness (QED) is 0.897. The summed E-state index contributed by atoms with van der Waals surface area (Å²) < 4.78 is 2.20. The lowest BCUT2D eigenvalue weighted by Crippen LogP contribution is -2.31. The average molecular weight is 257 g/mol. The summed E-state index contributed by atoms with van der Waals surface area (Å²) in [6.45, 7) is 3.20. The molecule has 1 fully saturated rings. The predicted octanol–water partition coefficient (Wildman–Crippen LogP) is 2.14. The molecule has 1 saturated heterocycles. The summed E-state index contributed by atoms with van der Waals surface area (Å²) in [7, 11) is 0. The minimum atomic E-state index is 0.0827. The molecule has 16 heavy (non-hydrogen) atoms. The van der Waals surface area contributed by atoms with Gasteiger partial charge in [-0.3, -0.25) is 0 Å². The molecule has 2 atom stereocenters. The van der Waals surface area contributed by atoms with Crippen LogP contribution in [0.4, 0.5) is 0 Å². The van der Waals surface area contributed by atoms with Gasteiger partial charge in [-0.25, -0.2) is 4.98 Å². The Morgan fingerprint density at radius 3 is 3.19 bits per heavy atom. The fourth-order valence-electron chi connectivity index (χ4n) is 1.93. The molecule has 1 aliphatic heterocycles. The summed E-state index contributed by atoms with van der Waals surface area (Å²) in [5.41, 5.74) is 6.33. The summed E-state index contributed by atoms with van der Waals surface area (Å²) in [6.07, 6.45) is 5.04. The number of nitrogens with two attached hydrogens (primary N) is 1. The third-order valence-corrected chi connectivity index (χ3v) is 5.64. The summed E-state index contributed by atoms with van der Waals surface area (Å²) in [6, 6.07) is 0.0827. The molecule has 0 amide bonds. The molecule has 0 radical (unpaired) electrons. The zero-order valence-corrected chi connectivity index (χ0v) is 11.3. The van der Waals surface area contributed by atoms with Crippen molar-refractivity contribution < 1.29 is 0 Å². The van der Waals surface area contributed by atoms with Crippen LogP contribution >= 0.6 is 23.5 Å². The second kappa shape index (κ2) is 5.98. The third-order valence-electron chi connectivity index (χ3n) is 2.75. The lowest BCUT2D eigenvalue weighted by Gasteiger charge is -2.26. The Morgan fingerprint density at radius 2 is 2.50 bits per heavy atom. The minimum Gasteiger partial charge on any atom is -0.334 e. The molecule has 3 nitrogen and oxygen atoms in total. The molecule has 0 aliphatic carbocycles. The molecule has 0 spiro atoms.